The van der Waals surface area contributed by atoms with E-state index >= 15 is 0 Å². The van der Waals surface area contributed by atoms with E-state index in [1.165, 1.54) is 39.0 Å². The highest BCUT2D eigenvalue weighted by Crippen LogP contribution is 2.20. The fraction of sp³-hybridized carbons (Fsp3) is 0.556. The molecule has 1 aromatic rings. The highest BCUT2D eigenvalue weighted by Gasteiger charge is 2.13. The van der Waals surface area contributed by atoms with E-state index in [0.29, 0.717) is 30.5 Å². The average molecular weight is 318 g/mol. The molecule has 0 heterocycles. The second-order valence-electron chi connectivity index (χ2n) is 6.00. The molecule has 1 aliphatic carbocycles. The quantitative estimate of drug-likeness (QED) is 0.594. The second kappa shape index (κ2) is 9.30. The van der Waals surface area contributed by atoms with Crippen LogP contribution in [0.25, 0.3) is 0 Å². The normalized spacial score (nSPS) is 15.2. The highest BCUT2D eigenvalue weighted by molar-refractivity contribution is 5.95. The van der Waals surface area contributed by atoms with E-state index in [1.807, 2.05) is 0 Å². The molecular formula is C18H26N2O3. The van der Waals surface area contributed by atoms with Gasteiger partial charge in [0.25, 0.3) is 0 Å². The van der Waals surface area contributed by atoms with Crippen LogP contribution in [0.1, 0.15) is 55.8 Å². The van der Waals surface area contributed by atoms with Crippen LogP contribution in [0.3, 0.4) is 0 Å². The Balaban J connectivity index is 1.58. The summed E-state index contributed by atoms with van der Waals surface area (Å²) in [6, 6.07) is 6.62. The molecule has 0 bridgehead atoms. The summed E-state index contributed by atoms with van der Waals surface area (Å²) in [5.74, 6) is 0.0129. The van der Waals surface area contributed by atoms with E-state index in [1.54, 1.807) is 24.3 Å². The number of benzene rings is 1. The summed E-state index contributed by atoms with van der Waals surface area (Å²) in [5.41, 5.74) is 1.31. The number of rotatable bonds is 7. The Morgan fingerprint density at radius 3 is 2.48 bits per heavy atom. The van der Waals surface area contributed by atoms with E-state index < -0.39 is 0 Å². The highest BCUT2D eigenvalue weighted by atomic mass is 16.5. The van der Waals surface area contributed by atoms with Gasteiger partial charge in [-0.2, -0.15) is 0 Å². The summed E-state index contributed by atoms with van der Waals surface area (Å²) in [6.45, 7) is 2.80. The number of urea groups is 1. The van der Waals surface area contributed by atoms with Gasteiger partial charge in [0.15, 0.2) is 5.78 Å². The third-order valence-corrected chi connectivity index (χ3v) is 4.06. The molecular weight excluding hydrogens is 292 g/mol. The minimum atomic E-state index is -0.238. The summed E-state index contributed by atoms with van der Waals surface area (Å²) < 4.78 is 5.81. The average Bonchev–Trinajstić information content (AvgIpc) is 2.56. The van der Waals surface area contributed by atoms with Crippen LogP contribution in [-0.4, -0.2) is 31.1 Å². The van der Waals surface area contributed by atoms with Crippen molar-refractivity contribution in [3.63, 3.8) is 0 Å². The van der Waals surface area contributed by atoms with Gasteiger partial charge in [-0.3, -0.25) is 4.79 Å². The van der Waals surface area contributed by atoms with Gasteiger partial charge in [0, 0.05) is 24.4 Å². The topological polar surface area (TPSA) is 67.4 Å². The van der Waals surface area contributed by atoms with Gasteiger partial charge in [-0.05, 0) is 50.5 Å². The van der Waals surface area contributed by atoms with Crippen LogP contribution in [0.5, 0.6) is 0 Å². The number of ether oxygens (including phenoxy) is 1. The molecule has 0 unspecified atom stereocenters. The first-order valence-corrected chi connectivity index (χ1v) is 8.42. The van der Waals surface area contributed by atoms with Crippen molar-refractivity contribution >= 4 is 17.5 Å². The zero-order chi connectivity index (χ0) is 16.5. The maximum Gasteiger partial charge on any atom is 0.319 e. The molecule has 0 saturated heterocycles. The van der Waals surface area contributed by atoms with Crippen LogP contribution in [0.15, 0.2) is 24.3 Å². The number of ketones is 1. The summed E-state index contributed by atoms with van der Waals surface area (Å²) in [4.78, 5) is 23.0. The zero-order valence-electron chi connectivity index (χ0n) is 13.8. The van der Waals surface area contributed by atoms with Crippen LogP contribution in [-0.2, 0) is 4.74 Å². The zero-order valence-corrected chi connectivity index (χ0v) is 13.8. The lowest BCUT2D eigenvalue weighted by molar-refractivity contribution is 0.0276. The standard InChI is InChI=1S/C18H26N2O3/c1-14(21)15-8-10-16(11-9-15)20-18(22)19-12-5-13-23-17-6-3-2-4-7-17/h8-11,17H,2-7,12-13H2,1H3,(H2,19,20,22). The Bertz CT molecular complexity index is 508. The Kier molecular flexibility index (Phi) is 7.07. The minimum absolute atomic E-state index is 0.0129. The van der Waals surface area contributed by atoms with Crippen molar-refractivity contribution in [1.82, 2.24) is 5.32 Å². The van der Waals surface area contributed by atoms with E-state index in [4.69, 9.17) is 4.74 Å². The molecule has 0 atom stereocenters. The maximum atomic E-state index is 11.8. The van der Waals surface area contributed by atoms with Gasteiger partial charge in [0.05, 0.1) is 6.10 Å². The SMILES string of the molecule is CC(=O)c1ccc(NC(=O)NCCCOC2CCCCC2)cc1. The number of Topliss-reactive ketones (excluding diaryl/α,β-unsaturated/α-hetero) is 1. The Morgan fingerprint density at radius 1 is 1.13 bits per heavy atom. The molecule has 0 spiro atoms. The van der Waals surface area contributed by atoms with Crippen molar-refractivity contribution in [2.24, 2.45) is 0 Å². The molecule has 5 nitrogen and oxygen atoms in total. The van der Waals surface area contributed by atoms with Crippen LogP contribution < -0.4 is 10.6 Å². The van der Waals surface area contributed by atoms with Crippen LogP contribution in [0.4, 0.5) is 10.5 Å². The van der Waals surface area contributed by atoms with Crippen molar-refractivity contribution in [1.29, 1.82) is 0 Å². The van der Waals surface area contributed by atoms with Crippen molar-refractivity contribution in [2.45, 2.75) is 51.6 Å². The van der Waals surface area contributed by atoms with E-state index in [9.17, 15) is 9.59 Å². The van der Waals surface area contributed by atoms with Gasteiger partial charge in [-0.25, -0.2) is 4.79 Å². The Morgan fingerprint density at radius 2 is 1.83 bits per heavy atom. The first-order valence-electron chi connectivity index (χ1n) is 8.42. The molecule has 1 aliphatic rings. The maximum absolute atomic E-state index is 11.8. The molecule has 1 aromatic carbocycles. The number of amides is 2. The first kappa shape index (κ1) is 17.5. The molecule has 0 radical (unpaired) electrons. The lowest BCUT2D eigenvalue weighted by Gasteiger charge is -2.21. The molecule has 2 amide bonds. The van der Waals surface area contributed by atoms with E-state index in [-0.39, 0.29) is 11.8 Å². The van der Waals surface area contributed by atoms with Gasteiger partial charge in [-0.15, -0.1) is 0 Å². The number of carbonyl (C=O) groups is 2. The molecule has 126 valence electrons. The molecule has 2 N–H and O–H groups in total. The van der Waals surface area contributed by atoms with Crippen molar-refractivity contribution in [3.05, 3.63) is 29.8 Å². The van der Waals surface area contributed by atoms with Gasteiger partial charge in [0.1, 0.15) is 0 Å². The number of hydrogen-bond acceptors (Lipinski definition) is 3. The molecule has 1 saturated carbocycles. The molecule has 5 heteroatoms. The smallest absolute Gasteiger partial charge is 0.319 e. The number of hydrogen-bond donors (Lipinski definition) is 2. The van der Waals surface area contributed by atoms with Crippen LogP contribution in [0.2, 0.25) is 0 Å². The summed E-state index contributed by atoms with van der Waals surface area (Å²) in [5, 5.41) is 5.56. The largest absolute Gasteiger partial charge is 0.378 e. The fourth-order valence-electron chi connectivity index (χ4n) is 2.72. The van der Waals surface area contributed by atoms with E-state index in [0.717, 1.165) is 6.42 Å². The lowest BCUT2D eigenvalue weighted by Crippen LogP contribution is -2.30. The summed E-state index contributed by atoms with van der Waals surface area (Å²) in [6.07, 6.45) is 7.44. The fourth-order valence-corrected chi connectivity index (χ4v) is 2.72. The van der Waals surface area contributed by atoms with Crippen LogP contribution >= 0.6 is 0 Å². The van der Waals surface area contributed by atoms with Gasteiger partial charge < -0.3 is 15.4 Å². The van der Waals surface area contributed by atoms with Crippen molar-refractivity contribution in [3.8, 4) is 0 Å². The number of carbonyl (C=O) groups excluding carboxylic acids is 2. The van der Waals surface area contributed by atoms with Crippen LogP contribution in [0, 0.1) is 0 Å². The molecule has 23 heavy (non-hydrogen) atoms. The van der Waals surface area contributed by atoms with Gasteiger partial charge in [0.2, 0.25) is 0 Å². The molecule has 2 rings (SSSR count). The molecule has 1 fully saturated rings. The predicted octanol–water partition coefficient (Wildman–Crippen LogP) is 3.75. The molecule has 0 aliphatic heterocycles. The first-order chi connectivity index (χ1) is 11.1. The lowest BCUT2D eigenvalue weighted by atomic mass is 9.98. The second-order valence-corrected chi connectivity index (χ2v) is 6.00. The summed E-state index contributed by atoms with van der Waals surface area (Å²) >= 11 is 0. The Labute approximate surface area is 137 Å². The third kappa shape index (κ3) is 6.40. The van der Waals surface area contributed by atoms with Gasteiger partial charge >= 0.3 is 6.03 Å². The van der Waals surface area contributed by atoms with Gasteiger partial charge in [-0.1, -0.05) is 19.3 Å². The number of anilines is 1. The number of nitrogens with one attached hydrogen (secondary N) is 2. The third-order valence-electron chi connectivity index (χ3n) is 4.06. The predicted molar refractivity (Wildman–Crippen MR) is 90.9 cm³/mol. The minimum Gasteiger partial charge on any atom is -0.378 e. The van der Waals surface area contributed by atoms with E-state index in [2.05, 4.69) is 10.6 Å². The van der Waals surface area contributed by atoms with Crippen molar-refractivity contribution < 1.29 is 14.3 Å². The monoisotopic (exact) mass is 318 g/mol. The molecule has 0 aromatic heterocycles. The summed E-state index contributed by atoms with van der Waals surface area (Å²) in [7, 11) is 0. The van der Waals surface area contributed by atoms with Crippen molar-refractivity contribution in [2.75, 3.05) is 18.5 Å². The Hall–Kier alpha value is -1.88.